The molecule has 2 aromatic carbocycles. The van der Waals surface area contributed by atoms with Gasteiger partial charge in [0.1, 0.15) is 5.82 Å². The van der Waals surface area contributed by atoms with E-state index in [0.29, 0.717) is 17.5 Å². The predicted molar refractivity (Wildman–Crippen MR) is 106 cm³/mol. The molecule has 3 N–H and O–H groups in total. The van der Waals surface area contributed by atoms with Crippen molar-refractivity contribution in [2.24, 2.45) is 10.7 Å². The van der Waals surface area contributed by atoms with Crippen LogP contribution in [-0.2, 0) is 5.41 Å². The summed E-state index contributed by atoms with van der Waals surface area (Å²) in [5.41, 5.74) is 7.26. The van der Waals surface area contributed by atoms with Crippen LogP contribution in [-0.4, -0.2) is 12.5 Å². The molecule has 0 saturated heterocycles. The number of nitrogens with two attached hydrogens (primary N) is 1. The third kappa shape index (κ3) is 5.66. The highest BCUT2D eigenvalue weighted by molar-refractivity contribution is 14.0. The average molecular weight is 448 g/mol. The number of anilines is 1. The maximum Gasteiger partial charge on any atom is 0.193 e. The molecule has 2 rings (SSSR count). The lowest BCUT2D eigenvalue weighted by atomic mass is 9.84. The number of rotatable bonds is 4. The number of hydrogen-bond donors (Lipinski definition) is 2. The number of benzene rings is 2. The molecule has 124 valence electrons. The van der Waals surface area contributed by atoms with E-state index in [9.17, 15) is 4.39 Å². The van der Waals surface area contributed by atoms with E-state index in [-0.39, 0.29) is 35.2 Å². The molecule has 0 saturated carbocycles. The summed E-state index contributed by atoms with van der Waals surface area (Å²) in [4.78, 5) is 4.36. The molecule has 0 atom stereocenters. The number of nitrogens with zero attached hydrogens (tertiary/aromatic N) is 1. The normalized spacial score (nSPS) is 11.7. The van der Waals surface area contributed by atoms with Gasteiger partial charge in [-0.15, -0.1) is 24.0 Å². The summed E-state index contributed by atoms with van der Waals surface area (Å²) in [6, 6.07) is 14.0. The maximum absolute atomic E-state index is 13.2. The van der Waals surface area contributed by atoms with Gasteiger partial charge in [-0.1, -0.05) is 49.7 Å². The molecular formula is C17H20ClFIN3. The molecule has 0 bridgehead atoms. The van der Waals surface area contributed by atoms with Crippen LogP contribution in [0.25, 0.3) is 0 Å². The van der Waals surface area contributed by atoms with E-state index in [1.54, 1.807) is 6.07 Å². The summed E-state index contributed by atoms with van der Waals surface area (Å²) in [6.07, 6.45) is 0. The first-order valence-electron chi connectivity index (χ1n) is 6.96. The van der Waals surface area contributed by atoms with Crippen molar-refractivity contribution in [1.82, 2.24) is 0 Å². The lowest BCUT2D eigenvalue weighted by Crippen LogP contribution is -2.28. The molecule has 2 aromatic rings. The van der Waals surface area contributed by atoms with Gasteiger partial charge in [-0.05, 0) is 29.8 Å². The van der Waals surface area contributed by atoms with E-state index in [4.69, 9.17) is 17.3 Å². The van der Waals surface area contributed by atoms with Gasteiger partial charge < -0.3 is 11.1 Å². The van der Waals surface area contributed by atoms with Crippen LogP contribution in [0, 0.1) is 5.82 Å². The summed E-state index contributed by atoms with van der Waals surface area (Å²) in [6.45, 7) is 4.42. The number of hydrogen-bond acceptors (Lipinski definition) is 1. The van der Waals surface area contributed by atoms with Gasteiger partial charge in [0, 0.05) is 16.1 Å². The Morgan fingerprint density at radius 2 is 1.87 bits per heavy atom. The van der Waals surface area contributed by atoms with Crippen LogP contribution in [0.3, 0.4) is 0 Å². The SMILES string of the molecule is CC(C)(CN=C(N)Nc1ccccc1)c1ccc(F)cc1Cl.I. The highest BCUT2D eigenvalue weighted by atomic mass is 127. The maximum atomic E-state index is 13.2. The minimum Gasteiger partial charge on any atom is -0.370 e. The smallest absolute Gasteiger partial charge is 0.193 e. The van der Waals surface area contributed by atoms with Crippen LogP contribution in [0.4, 0.5) is 10.1 Å². The summed E-state index contributed by atoms with van der Waals surface area (Å²) in [5.74, 6) is -0.0178. The second kappa shape index (κ2) is 8.49. The van der Waals surface area contributed by atoms with E-state index >= 15 is 0 Å². The van der Waals surface area contributed by atoms with Crippen molar-refractivity contribution in [3.63, 3.8) is 0 Å². The highest BCUT2D eigenvalue weighted by Gasteiger charge is 2.23. The van der Waals surface area contributed by atoms with Crippen LogP contribution in [0.2, 0.25) is 5.02 Å². The topological polar surface area (TPSA) is 50.4 Å². The third-order valence-corrected chi connectivity index (χ3v) is 3.66. The lowest BCUT2D eigenvalue weighted by molar-refractivity contribution is 0.537. The first-order chi connectivity index (χ1) is 10.4. The Labute approximate surface area is 158 Å². The minimum absolute atomic E-state index is 0. The summed E-state index contributed by atoms with van der Waals surface area (Å²) < 4.78 is 13.2. The fourth-order valence-electron chi connectivity index (χ4n) is 2.12. The van der Waals surface area contributed by atoms with Crippen LogP contribution >= 0.6 is 35.6 Å². The molecule has 6 heteroatoms. The standard InChI is InChI=1S/C17H19ClFN3.HI/c1-17(2,14-9-8-12(19)10-15(14)18)11-21-16(20)22-13-6-4-3-5-7-13;/h3-10H,11H2,1-2H3,(H3,20,21,22);1H. The van der Waals surface area contributed by atoms with Crippen molar-refractivity contribution >= 4 is 47.2 Å². The monoisotopic (exact) mass is 447 g/mol. The van der Waals surface area contributed by atoms with E-state index in [1.807, 2.05) is 44.2 Å². The van der Waals surface area contributed by atoms with Crippen molar-refractivity contribution in [2.45, 2.75) is 19.3 Å². The molecule has 0 aliphatic rings. The van der Waals surface area contributed by atoms with Gasteiger partial charge in [-0.25, -0.2) is 4.39 Å². The molecule has 0 spiro atoms. The first kappa shape index (κ1) is 19.7. The van der Waals surface area contributed by atoms with Gasteiger partial charge in [-0.3, -0.25) is 4.99 Å². The van der Waals surface area contributed by atoms with E-state index in [2.05, 4.69) is 10.3 Å². The number of para-hydroxylation sites is 1. The van der Waals surface area contributed by atoms with Crippen molar-refractivity contribution in [3.8, 4) is 0 Å². The molecule has 0 amide bonds. The van der Waals surface area contributed by atoms with E-state index in [0.717, 1.165) is 11.3 Å². The molecular weight excluding hydrogens is 428 g/mol. The molecule has 0 aliphatic carbocycles. The highest BCUT2D eigenvalue weighted by Crippen LogP contribution is 2.30. The number of aliphatic imine (C=N–C) groups is 1. The number of guanidine groups is 1. The van der Waals surface area contributed by atoms with Crippen LogP contribution in [0.5, 0.6) is 0 Å². The van der Waals surface area contributed by atoms with Crippen LogP contribution in [0.1, 0.15) is 19.4 Å². The predicted octanol–water partition coefficient (Wildman–Crippen LogP) is 4.80. The Morgan fingerprint density at radius 3 is 2.48 bits per heavy atom. The van der Waals surface area contributed by atoms with Gasteiger partial charge in [-0.2, -0.15) is 0 Å². The number of nitrogens with one attached hydrogen (secondary N) is 1. The Kier molecular flexibility index (Phi) is 7.28. The Balaban J connectivity index is 0.00000264. The lowest BCUT2D eigenvalue weighted by Gasteiger charge is -2.24. The quantitative estimate of drug-likeness (QED) is 0.402. The first-order valence-corrected chi connectivity index (χ1v) is 7.34. The average Bonchev–Trinajstić information content (AvgIpc) is 2.46. The summed E-state index contributed by atoms with van der Waals surface area (Å²) >= 11 is 6.12. The van der Waals surface area contributed by atoms with Gasteiger partial charge in [0.2, 0.25) is 0 Å². The zero-order valence-corrected chi connectivity index (χ0v) is 16.1. The fourth-order valence-corrected chi connectivity index (χ4v) is 2.54. The zero-order valence-electron chi connectivity index (χ0n) is 13.0. The van der Waals surface area contributed by atoms with Gasteiger partial charge in [0.25, 0.3) is 0 Å². The Hall–Kier alpha value is -1.34. The molecule has 3 nitrogen and oxygen atoms in total. The molecule has 0 fully saturated rings. The molecule has 0 aliphatic heterocycles. The molecule has 0 unspecified atom stereocenters. The largest absolute Gasteiger partial charge is 0.370 e. The second-order valence-corrected chi connectivity index (χ2v) is 6.11. The van der Waals surface area contributed by atoms with E-state index in [1.165, 1.54) is 12.1 Å². The zero-order chi connectivity index (χ0) is 16.2. The van der Waals surface area contributed by atoms with Crippen molar-refractivity contribution in [2.75, 3.05) is 11.9 Å². The minimum atomic E-state index is -0.353. The third-order valence-electron chi connectivity index (χ3n) is 3.35. The Morgan fingerprint density at radius 1 is 1.22 bits per heavy atom. The molecule has 23 heavy (non-hydrogen) atoms. The summed E-state index contributed by atoms with van der Waals surface area (Å²) in [5, 5.41) is 3.42. The van der Waals surface area contributed by atoms with Crippen LogP contribution < -0.4 is 11.1 Å². The molecule has 0 aromatic heterocycles. The van der Waals surface area contributed by atoms with Crippen LogP contribution in [0.15, 0.2) is 53.5 Å². The molecule has 0 radical (unpaired) electrons. The van der Waals surface area contributed by atoms with Gasteiger partial charge in [0.05, 0.1) is 6.54 Å². The van der Waals surface area contributed by atoms with Gasteiger partial charge in [0.15, 0.2) is 5.96 Å². The second-order valence-electron chi connectivity index (χ2n) is 5.70. The van der Waals surface area contributed by atoms with Crippen molar-refractivity contribution < 1.29 is 4.39 Å². The molecule has 0 heterocycles. The van der Waals surface area contributed by atoms with E-state index < -0.39 is 0 Å². The van der Waals surface area contributed by atoms with Crippen molar-refractivity contribution in [1.29, 1.82) is 0 Å². The fraction of sp³-hybridized carbons (Fsp3) is 0.235. The Bertz CT molecular complexity index is 675. The number of halogens is 3. The summed E-state index contributed by atoms with van der Waals surface area (Å²) in [7, 11) is 0. The van der Waals surface area contributed by atoms with Crippen molar-refractivity contribution in [3.05, 3.63) is 64.9 Å². The van der Waals surface area contributed by atoms with Gasteiger partial charge >= 0.3 is 0 Å².